The van der Waals surface area contributed by atoms with E-state index in [-0.39, 0.29) is 5.56 Å². The molecule has 0 spiro atoms. The molecule has 0 aliphatic carbocycles. The van der Waals surface area contributed by atoms with Gasteiger partial charge in [0.1, 0.15) is 5.82 Å². The van der Waals surface area contributed by atoms with Crippen molar-refractivity contribution in [1.29, 1.82) is 0 Å². The van der Waals surface area contributed by atoms with Crippen molar-refractivity contribution >= 4 is 11.8 Å². The summed E-state index contributed by atoms with van der Waals surface area (Å²) in [4.78, 5) is 14.9. The van der Waals surface area contributed by atoms with Crippen LogP contribution in [0, 0.1) is 6.92 Å². The van der Waals surface area contributed by atoms with E-state index in [1.165, 1.54) is 0 Å². The average molecular weight is 228 g/mol. The van der Waals surface area contributed by atoms with Crippen molar-refractivity contribution in [1.82, 2.24) is 4.98 Å². The van der Waals surface area contributed by atoms with Gasteiger partial charge < -0.3 is 10.8 Å². The van der Waals surface area contributed by atoms with E-state index in [2.05, 4.69) is 4.98 Å². The number of aryl methyl sites for hydroxylation is 1. The van der Waals surface area contributed by atoms with Crippen molar-refractivity contribution in [3.05, 3.63) is 47.7 Å². The molecule has 0 saturated heterocycles. The molecule has 4 heteroatoms. The van der Waals surface area contributed by atoms with Crippen molar-refractivity contribution < 1.29 is 9.90 Å². The van der Waals surface area contributed by atoms with Gasteiger partial charge in [-0.1, -0.05) is 12.1 Å². The number of nitrogens with two attached hydrogens (primary N) is 1. The maximum absolute atomic E-state index is 10.9. The van der Waals surface area contributed by atoms with Gasteiger partial charge in [-0.25, -0.2) is 9.78 Å². The van der Waals surface area contributed by atoms with Crippen LogP contribution in [0.25, 0.3) is 11.1 Å². The third kappa shape index (κ3) is 2.25. The molecule has 1 heterocycles. The van der Waals surface area contributed by atoms with Crippen LogP contribution in [-0.4, -0.2) is 16.1 Å². The average Bonchev–Trinajstić information content (AvgIpc) is 2.32. The molecule has 0 bridgehead atoms. The summed E-state index contributed by atoms with van der Waals surface area (Å²) in [6.45, 7) is 1.91. The number of nitrogens with zero attached hydrogens (tertiary/aromatic N) is 1. The Balaban J connectivity index is 2.56. The molecule has 17 heavy (non-hydrogen) atoms. The number of carbonyl (C=O) groups is 1. The molecule has 0 fully saturated rings. The lowest BCUT2D eigenvalue weighted by Gasteiger charge is -2.07. The van der Waals surface area contributed by atoms with Crippen LogP contribution in [0.3, 0.4) is 0 Å². The SMILES string of the molecule is Cc1cnc(N)cc1-c1cccc(C(=O)O)c1. The second-order valence-corrected chi connectivity index (χ2v) is 3.81. The number of hydrogen-bond acceptors (Lipinski definition) is 3. The standard InChI is InChI=1S/C13H12N2O2/c1-8-7-15-12(14)6-11(8)9-3-2-4-10(5-9)13(16)17/h2-7H,1H3,(H2,14,15)(H,16,17). The van der Waals surface area contributed by atoms with Gasteiger partial charge in [0.2, 0.25) is 0 Å². The lowest BCUT2D eigenvalue weighted by Crippen LogP contribution is -1.97. The van der Waals surface area contributed by atoms with Gasteiger partial charge in [-0.05, 0) is 41.8 Å². The minimum Gasteiger partial charge on any atom is -0.478 e. The van der Waals surface area contributed by atoms with E-state index in [9.17, 15) is 4.79 Å². The smallest absolute Gasteiger partial charge is 0.335 e. The van der Waals surface area contributed by atoms with Crippen molar-refractivity contribution in [3.63, 3.8) is 0 Å². The summed E-state index contributed by atoms with van der Waals surface area (Å²) >= 11 is 0. The van der Waals surface area contributed by atoms with Crippen LogP contribution in [0.15, 0.2) is 36.5 Å². The minimum atomic E-state index is -0.938. The first-order chi connectivity index (χ1) is 8.08. The number of pyridine rings is 1. The molecule has 1 aromatic heterocycles. The highest BCUT2D eigenvalue weighted by atomic mass is 16.4. The number of carboxylic acid groups (broad SMARTS) is 1. The number of anilines is 1. The van der Waals surface area contributed by atoms with Crippen molar-refractivity contribution in [2.75, 3.05) is 5.73 Å². The highest BCUT2D eigenvalue weighted by molar-refractivity contribution is 5.89. The van der Waals surface area contributed by atoms with Crippen LogP contribution in [0.5, 0.6) is 0 Å². The van der Waals surface area contributed by atoms with E-state index in [4.69, 9.17) is 10.8 Å². The number of benzene rings is 1. The Labute approximate surface area is 98.7 Å². The van der Waals surface area contributed by atoms with Crippen LogP contribution >= 0.6 is 0 Å². The summed E-state index contributed by atoms with van der Waals surface area (Å²) in [7, 11) is 0. The van der Waals surface area contributed by atoms with Crippen LogP contribution in [0.1, 0.15) is 15.9 Å². The fourth-order valence-electron chi connectivity index (χ4n) is 1.67. The largest absolute Gasteiger partial charge is 0.478 e. The molecule has 0 aliphatic heterocycles. The molecule has 0 aliphatic rings. The molecule has 0 saturated carbocycles. The zero-order valence-electron chi connectivity index (χ0n) is 9.34. The molecule has 2 aromatic rings. The summed E-state index contributed by atoms with van der Waals surface area (Å²) in [5, 5.41) is 8.94. The number of nitrogen functional groups attached to an aromatic ring is 1. The van der Waals surface area contributed by atoms with E-state index < -0.39 is 5.97 Å². The topological polar surface area (TPSA) is 76.2 Å². The van der Waals surface area contributed by atoms with E-state index in [0.29, 0.717) is 5.82 Å². The number of hydrogen-bond donors (Lipinski definition) is 2. The Morgan fingerprint density at radius 1 is 1.35 bits per heavy atom. The zero-order chi connectivity index (χ0) is 12.4. The van der Waals surface area contributed by atoms with Gasteiger partial charge in [-0.15, -0.1) is 0 Å². The van der Waals surface area contributed by atoms with Crippen molar-refractivity contribution in [2.24, 2.45) is 0 Å². The Hall–Kier alpha value is -2.36. The van der Waals surface area contributed by atoms with E-state index in [0.717, 1.165) is 16.7 Å². The molecule has 0 unspecified atom stereocenters. The van der Waals surface area contributed by atoms with Crippen LogP contribution in [0.4, 0.5) is 5.82 Å². The molecule has 3 N–H and O–H groups in total. The minimum absolute atomic E-state index is 0.261. The monoisotopic (exact) mass is 228 g/mol. The quantitative estimate of drug-likeness (QED) is 0.827. The first-order valence-corrected chi connectivity index (χ1v) is 5.14. The predicted octanol–water partition coefficient (Wildman–Crippen LogP) is 2.34. The normalized spacial score (nSPS) is 10.2. The Bertz CT molecular complexity index is 579. The van der Waals surface area contributed by atoms with Gasteiger partial charge in [-0.3, -0.25) is 0 Å². The van der Waals surface area contributed by atoms with Gasteiger partial charge in [-0.2, -0.15) is 0 Å². The summed E-state index contributed by atoms with van der Waals surface area (Å²) in [5.41, 5.74) is 8.59. The molecule has 0 radical (unpaired) electrons. The molecular weight excluding hydrogens is 216 g/mol. The Morgan fingerprint density at radius 2 is 2.12 bits per heavy atom. The maximum atomic E-state index is 10.9. The highest BCUT2D eigenvalue weighted by Gasteiger charge is 2.07. The van der Waals surface area contributed by atoms with E-state index in [1.54, 1.807) is 30.5 Å². The Kier molecular flexibility index (Phi) is 2.78. The zero-order valence-corrected chi connectivity index (χ0v) is 9.34. The summed E-state index contributed by atoms with van der Waals surface area (Å²) in [5.74, 6) is -0.516. The third-order valence-electron chi connectivity index (χ3n) is 2.54. The molecule has 1 aromatic carbocycles. The molecule has 86 valence electrons. The summed E-state index contributed by atoms with van der Waals surface area (Å²) in [6.07, 6.45) is 1.68. The number of carboxylic acids is 1. The van der Waals surface area contributed by atoms with E-state index in [1.807, 2.05) is 13.0 Å². The number of aromatic carboxylic acids is 1. The molecule has 4 nitrogen and oxygen atoms in total. The van der Waals surface area contributed by atoms with Gasteiger partial charge >= 0.3 is 5.97 Å². The van der Waals surface area contributed by atoms with Crippen molar-refractivity contribution in [3.8, 4) is 11.1 Å². The fraction of sp³-hybridized carbons (Fsp3) is 0.0769. The van der Waals surface area contributed by atoms with Crippen molar-refractivity contribution in [2.45, 2.75) is 6.92 Å². The van der Waals surface area contributed by atoms with E-state index >= 15 is 0 Å². The van der Waals surface area contributed by atoms with Gasteiger partial charge in [0.05, 0.1) is 5.56 Å². The van der Waals surface area contributed by atoms with Crippen LogP contribution < -0.4 is 5.73 Å². The first kappa shape index (κ1) is 11.1. The molecule has 0 amide bonds. The molecule has 2 rings (SSSR count). The fourth-order valence-corrected chi connectivity index (χ4v) is 1.67. The number of rotatable bonds is 2. The van der Waals surface area contributed by atoms with Gasteiger partial charge in [0.25, 0.3) is 0 Å². The van der Waals surface area contributed by atoms with Gasteiger partial charge in [0, 0.05) is 6.20 Å². The van der Waals surface area contributed by atoms with Crippen LogP contribution in [0.2, 0.25) is 0 Å². The maximum Gasteiger partial charge on any atom is 0.335 e. The lowest BCUT2D eigenvalue weighted by molar-refractivity contribution is 0.0697. The predicted molar refractivity (Wildman–Crippen MR) is 65.8 cm³/mol. The highest BCUT2D eigenvalue weighted by Crippen LogP contribution is 2.25. The summed E-state index contributed by atoms with van der Waals surface area (Å²) in [6, 6.07) is 8.51. The second kappa shape index (κ2) is 4.25. The number of aromatic nitrogens is 1. The third-order valence-corrected chi connectivity index (χ3v) is 2.54. The Morgan fingerprint density at radius 3 is 2.82 bits per heavy atom. The lowest BCUT2D eigenvalue weighted by atomic mass is 10.0. The summed E-state index contributed by atoms with van der Waals surface area (Å²) < 4.78 is 0. The van der Waals surface area contributed by atoms with Gasteiger partial charge in [0.15, 0.2) is 0 Å². The first-order valence-electron chi connectivity index (χ1n) is 5.14. The molecular formula is C13H12N2O2. The van der Waals surface area contributed by atoms with Crippen LogP contribution in [-0.2, 0) is 0 Å². The second-order valence-electron chi connectivity index (χ2n) is 3.81. The molecule has 0 atom stereocenters.